The van der Waals surface area contributed by atoms with Crippen molar-refractivity contribution in [2.75, 3.05) is 45.3 Å². The zero-order chi connectivity index (χ0) is 15.0. The SMILES string of the molecule is CC(C)c1ccc([C@@H]2CCOC2)c(N2CC(N(C)C)C2)n1. The van der Waals surface area contributed by atoms with E-state index in [4.69, 9.17) is 9.72 Å². The summed E-state index contributed by atoms with van der Waals surface area (Å²) < 4.78 is 5.58. The maximum absolute atomic E-state index is 5.58. The molecule has 0 bridgehead atoms. The average Bonchev–Trinajstić information content (AvgIpc) is 2.90. The molecule has 3 rings (SSSR count). The molecule has 21 heavy (non-hydrogen) atoms. The van der Waals surface area contributed by atoms with Crippen molar-refractivity contribution in [2.45, 2.75) is 38.1 Å². The summed E-state index contributed by atoms with van der Waals surface area (Å²) in [5.74, 6) is 2.20. The van der Waals surface area contributed by atoms with E-state index in [0.29, 0.717) is 17.9 Å². The molecule has 0 radical (unpaired) electrons. The number of ether oxygens (including phenoxy) is 1. The van der Waals surface area contributed by atoms with Crippen LogP contribution in [-0.2, 0) is 4.74 Å². The van der Waals surface area contributed by atoms with E-state index in [2.05, 4.69) is 49.9 Å². The highest BCUT2D eigenvalue weighted by Crippen LogP contribution is 2.35. The molecule has 4 nitrogen and oxygen atoms in total. The van der Waals surface area contributed by atoms with Crippen molar-refractivity contribution in [3.8, 4) is 0 Å². The Morgan fingerprint density at radius 2 is 2.05 bits per heavy atom. The molecule has 4 heteroatoms. The molecule has 0 unspecified atom stereocenters. The number of aromatic nitrogens is 1. The van der Waals surface area contributed by atoms with Gasteiger partial charge < -0.3 is 14.5 Å². The zero-order valence-electron chi connectivity index (χ0n) is 13.7. The molecule has 0 N–H and O–H groups in total. The number of hydrogen-bond acceptors (Lipinski definition) is 4. The topological polar surface area (TPSA) is 28.6 Å². The third-order valence-corrected chi connectivity index (χ3v) is 4.78. The second kappa shape index (κ2) is 5.93. The van der Waals surface area contributed by atoms with Crippen molar-refractivity contribution < 1.29 is 4.74 Å². The van der Waals surface area contributed by atoms with Crippen LogP contribution in [0.25, 0.3) is 0 Å². The number of rotatable bonds is 4. The predicted octanol–water partition coefficient (Wildman–Crippen LogP) is 2.46. The van der Waals surface area contributed by atoms with Crippen LogP contribution >= 0.6 is 0 Å². The summed E-state index contributed by atoms with van der Waals surface area (Å²) in [6, 6.07) is 5.15. The summed E-state index contributed by atoms with van der Waals surface area (Å²) in [6.07, 6.45) is 1.13. The summed E-state index contributed by atoms with van der Waals surface area (Å²) in [6.45, 7) is 8.33. The molecule has 0 aliphatic carbocycles. The van der Waals surface area contributed by atoms with Crippen LogP contribution in [0.2, 0.25) is 0 Å². The van der Waals surface area contributed by atoms with E-state index >= 15 is 0 Å². The molecule has 1 atom stereocenters. The molecule has 2 aliphatic heterocycles. The van der Waals surface area contributed by atoms with Crippen molar-refractivity contribution in [1.29, 1.82) is 0 Å². The maximum atomic E-state index is 5.58. The molecule has 116 valence electrons. The van der Waals surface area contributed by atoms with Gasteiger partial charge in [-0.25, -0.2) is 4.98 Å². The minimum Gasteiger partial charge on any atom is -0.381 e. The van der Waals surface area contributed by atoms with Gasteiger partial charge in [-0.15, -0.1) is 0 Å². The molecular formula is C17H27N3O. The van der Waals surface area contributed by atoms with Crippen LogP contribution in [-0.4, -0.2) is 56.3 Å². The Morgan fingerprint density at radius 1 is 1.29 bits per heavy atom. The smallest absolute Gasteiger partial charge is 0.132 e. The average molecular weight is 289 g/mol. The lowest BCUT2D eigenvalue weighted by Gasteiger charge is -2.44. The van der Waals surface area contributed by atoms with Crippen molar-refractivity contribution in [3.05, 3.63) is 23.4 Å². The highest BCUT2D eigenvalue weighted by molar-refractivity contribution is 5.53. The third kappa shape index (κ3) is 2.92. The van der Waals surface area contributed by atoms with Crippen molar-refractivity contribution in [1.82, 2.24) is 9.88 Å². The van der Waals surface area contributed by atoms with Crippen LogP contribution in [0.3, 0.4) is 0 Å². The lowest BCUT2D eigenvalue weighted by atomic mass is 9.95. The van der Waals surface area contributed by atoms with Gasteiger partial charge in [-0.2, -0.15) is 0 Å². The molecule has 2 aliphatic rings. The highest BCUT2D eigenvalue weighted by Gasteiger charge is 2.33. The molecule has 1 aromatic rings. The Morgan fingerprint density at radius 3 is 2.62 bits per heavy atom. The third-order valence-electron chi connectivity index (χ3n) is 4.78. The highest BCUT2D eigenvalue weighted by atomic mass is 16.5. The molecule has 1 aromatic heterocycles. The summed E-state index contributed by atoms with van der Waals surface area (Å²) in [7, 11) is 4.32. The summed E-state index contributed by atoms with van der Waals surface area (Å²) in [5.41, 5.74) is 2.58. The first kappa shape index (κ1) is 14.8. The summed E-state index contributed by atoms with van der Waals surface area (Å²) in [5, 5.41) is 0. The second-order valence-corrected chi connectivity index (χ2v) is 6.89. The molecule has 0 saturated carbocycles. The van der Waals surface area contributed by atoms with Gasteiger partial charge in [-0.1, -0.05) is 19.9 Å². The quantitative estimate of drug-likeness (QED) is 0.851. The van der Waals surface area contributed by atoms with E-state index in [9.17, 15) is 0 Å². The Hall–Kier alpha value is -1.13. The fourth-order valence-corrected chi connectivity index (χ4v) is 3.10. The number of hydrogen-bond donors (Lipinski definition) is 0. The van der Waals surface area contributed by atoms with Crippen molar-refractivity contribution in [2.24, 2.45) is 0 Å². The van der Waals surface area contributed by atoms with Crippen LogP contribution in [0.5, 0.6) is 0 Å². The standard InChI is InChI=1S/C17H27N3O/c1-12(2)16-6-5-15(13-7-8-21-11-13)17(18-16)20-9-14(10-20)19(3)4/h5-6,12-14H,7-11H2,1-4H3/t13-/m1/s1. The Kier molecular flexibility index (Phi) is 4.18. The largest absolute Gasteiger partial charge is 0.381 e. The fourth-order valence-electron chi connectivity index (χ4n) is 3.10. The van der Waals surface area contributed by atoms with E-state index in [1.54, 1.807) is 0 Å². The van der Waals surface area contributed by atoms with E-state index in [-0.39, 0.29) is 0 Å². The van der Waals surface area contributed by atoms with Gasteiger partial charge in [-0.05, 0) is 32.5 Å². The van der Waals surface area contributed by atoms with Gasteiger partial charge in [0.25, 0.3) is 0 Å². The van der Waals surface area contributed by atoms with Crippen LogP contribution in [0.1, 0.15) is 43.4 Å². The minimum absolute atomic E-state index is 0.476. The molecule has 0 amide bonds. The fraction of sp³-hybridized carbons (Fsp3) is 0.706. The normalized spacial score (nSPS) is 23.1. The van der Waals surface area contributed by atoms with Crippen LogP contribution in [0.4, 0.5) is 5.82 Å². The minimum atomic E-state index is 0.476. The summed E-state index contributed by atoms with van der Waals surface area (Å²) >= 11 is 0. The van der Waals surface area contributed by atoms with Gasteiger partial charge >= 0.3 is 0 Å². The molecule has 0 aromatic carbocycles. The molecular weight excluding hydrogens is 262 g/mol. The van der Waals surface area contributed by atoms with Gasteiger partial charge in [0.2, 0.25) is 0 Å². The Balaban J connectivity index is 1.86. The van der Waals surface area contributed by atoms with E-state index in [0.717, 1.165) is 32.7 Å². The van der Waals surface area contributed by atoms with E-state index in [1.807, 2.05) is 0 Å². The van der Waals surface area contributed by atoms with Crippen LogP contribution < -0.4 is 4.90 Å². The van der Waals surface area contributed by atoms with Gasteiger partial charge in [0.15, 0.2) is 0 Å². The van der Waals surface area contributed by atoms with Gasteiger partial charge in [-0.3, -0.25) is 0 Å². The number of nitrogens with zero attached hydrogens (tertiary/aromatic N) is 3. The van der Waals surface area contributed by atoms with Gasteiger partial charge in [0, 0.05) is 42.9 Å². The van der Waals surface area contributed by atoms with Crippen molar-refractivity contribution >= 4 is 5.82 Å². The maximum Gasteiger partial charge on any atom is 0.132 e. The second-order valence-electron chi connectivity index (χ2n) is 6.89. The van der Waals surface area contributed by atoms with Gasteiger partial charge in [0.1, 0.15) is 5.82 Å². The van der Waals surface area contributed by atoms with Crippen LogP contribution in [0.15, 0.2) is 12.1 Å². The molecule has 3 heterocycles. The first-order valence-corrected chi connectivity index (χ1v) is 8.06. The lowest BCUT2D eigenvalue weighted by Crippen LogP contribution is -2.58. The number of likely N-dealkylation sites (N-methyl/N-ethyl adjacent to an activating group) is 1. The Labute approximate surface area is 128 Å². The molecule has 2 saturated heterocycles. The Bertz CT molecular complexity index is 489. The van der Waals surface area contributed by atoms with E-state index < -0.39 is 0 Å². The molecule has 2 fully saturated rings. The lowest BCUT2D eigenvalue weighted by molar-refractivity contribution is 0.193. The monoisotopic (exact) mass is 289 g/mol. The first-order valence-electron chi connectivity index (χ1n) is 8.06. The van der Waals surface area contributed by atoms with Crippen molar-refractivity contribution in [3.63, 3.8) is 0 Å². The number of anilines is 1. The summed E-state index contributed by atoms with van der Waals surface area (Å²) in [4.78, 5) is 9.73. The van der Waals surface area contributed by atoms with Gasteiger partial charge in [0.05, 0.1) is 6.61 Å². The number of pyridine rings is 1. The predicted molar refractivity (Wildman–Crippen MR) is 86.2 cm³/mol. The zero-order valence-corrected chi connectivity index (χ0v) is 13.7. The van der Waals surface area contributed by atoms with E-state index in [1.165, 1.54) is 17.1 Å². The first-order chi connectivity index (χ1) is 10.1. The molecule has 0 spiro atoms. The van der Waals surface area contributed by atoms with Crippen LogP contribution in [0, 0.1) is 0 Å².